The van der Waals surface area contributed by atoms with E-state index >= 15 is 0 Å². The summed E-state index contributed by atoms with van der Waals surface area (Å²) in [7, 11) is 0. The molecule has 2 atom stereocenters. The number of carboxylic acid groups (broad SMARTS) is 2. The van der Waals surface area contributed by atoms with Crippen molar-refractivity contribution in [3.63, 3.8) is 0 Å². The van der Waals surface area contributed by atoms with E-state index in [1.807, 2.05) is 6.26 Å². The maximum absolute atomic E-state index is 10.4. The Bertz CT molecular complexity index is 467. The molecule has 1 aromatic carbocycles. The van der Waals surface area contributed by atoms with E-state index in [-0.39, 0.29) is 12.2 Å². The maximum Gasteiger partial charge on any atom is 0.320 e. The Morgan fingerprint density at radius 1 is 1.09 bits per heavy atom. The van der Waals surface area contributed by atoms with E-state index in [9.17, 15) is 9.59 Å². The fraction of sp³-hybridized carbons (Fsp3) is 0.429. The normalized spacial score (nSPS) is 12.7. The van der Waals surface area contributed by atoms with Gasteiger partial charge in [0.15, 0.2) is 0 Å². The highest BCUT2D eigenvalue weighted by molar-refractivity contribution is 7.98. The summed E-state index contributed by atoms with van der Waals surface area (Å²) in [6.07, 6.45) is 2.75. The van der Waals surface area contributed by atoms with Gasteiger partial charge in [-0.05, 0) is 42.5 Å². The topological polar surface area (TPSA) is 147 Å². The molecule has 0 heterocycles. The Labute approximate surface area is 133 Å². The number of benzene rings is 1. The fourth-order valence-corrected chi connectivity index (χ4v) is 1.83. The number of phenolic OH excluding ortho intramolecular Hbond substituents is 1. The second-order valence-corrected chi connectivity index (χ2v) is 5.53. The predicted molar refractivity (Wildman–Crippen MR) is 86.0 cm³/mol. The van der Waals surface area contributed by atoms with Crippen LogP contribution in [-0.4, -0.2) is 51.4 Å². The van der Waals surface area contributed by atoms with Gasteiger partial charge in [0.25, 0.3) is 0 Å². The van der Waals surface area contributed by atoms with Crippen molar-refractivity contribution < 1.29 is 24.9 Å². The SMILES string of the molecule is CSCC[C@@H](N)C(=O)O.NC(Cc1ccc(O)cc1)C(=O)O. The summed E-state index contributed by atoms with van der Waals surface area (Å²) >= 11 is 1.60. The van der Waals surface area contributed by atoms with Gasteiger partial charge < -0.3 is 26.8 Å². The van der Waals surface area contributed by atoms with Crippen molar-refractivity contribution in [1.82, 2.24) is 0 Å². The molecule has 0 fully saturated rings. The van der Waals surface area contributed by atoms with Gasteiger partial charge in [0, 0.05) is 0 Å². The summed E-state index contributed by atoms with van der Waals surface area (Å²) in [5.41, 5.74) is 11.3. The lowest BCUT2D eigenvalue weighted by molar-refractivity contribution is -0.139. The molecule has 0 radical (unpaired) electrons. The molecule has 1 rings (SSSR count). The Kier molecular flexibility index (Phi) is 10.0. The van der Waals surface area contributed by atoms with Gasteiger partial charge in [0.05, 0.1) is 0 Å². The molecule has 1 aromatic rings. The number of aliphatic carboxylic acids is 2. The van der Waals surface area contributed by atoms with E-state index in [2.05, 4.69) is 0 Å². The van der Waals surface area contributed by atoms with Gasteiger partial charge >= 0.3 is 11.9 Å². The lowest BCUT2D eigenvalue weighted by Crippen LogP contribution is -2.32. The molecule has 22 heavy (non-hydrogen) atoms. The Morgan fingerprint density at radius 2 is 1.59 bits per heavy atom. The Hall–Kier alpha value is -1.77. The summed E-state index contributed by atoms with van der Waals surface area (Å²) in [5.74, 6) is -0.960. The third-order valence-electron chi connectivity index (χ3n) is 2.66. The van der Waals surface area contributed by atoms with Crippen molar-refractivity contribution >= 4 is 23.7 Å². The number of nitrogens with two attached hydrogens (primary N) is 2. The lowest BCUT2D eigenvalue weighted by atomic mass is 10.1. The Balaban J connectivity index is 0.000000433. The van der Waals surface area contributed by atoms with Crippen molar-refractivity contribution in [1.29, 1.82) is 0 Å². The van der Waals surface area contributed by atoms with E-state index in [0.717, 1.165) is 11.3 Å². The highest BCUT2D eigenvalue weighted by Gasteiger charge is 2.11. The van der Waals surface area contributed by atoms with Crippen molar-refractivity contribution in [2.24, 2.45) is 11.5 Å². The van der Waals surface area contributed by atoms with Crippen molar-refractivity contribution in [2.45, 2.75) is 24.9 Å². The van der Waals surface area contributed by atoms with Crippen molar-refractivity contribution in [3.8, 4) is 5.75 Å². The van der Waals surface area contributed by atoms with E-state index in [1.165, 1.54) is 12.1 Å². The first kappa shape index (κ1) is 20.2. The molecule has 124 valence electrons. The summed E-state index contributed by atoms with van der Waals surface area (Å²) in [6, 6.07) is 4.74. The highest BCUT2D eigenvalue weighted by Crippen LogP contribution is 2.10. The van der Waals surface area contributed by atoms with Crippen LogP contribution < -0.4 is 11.5 Å². The molecule has 0 saturated heterocycles. The number of thioether (sulfide) groups is 1. The zero-order valence-electron chi connectivity index (χ0n) is 12.3. The average molecular weight is 330 g/mol. The Morgan fingerprint density at radius 3 is 2.00 bits per heavy atom. The van der Waals surface area contributed by atoms with E-state index < -0.39 is 24.0 Å². The predicted octanol–water partition coefficient (Wildman–Crippen LogP) is 0.498. The van der Waals surface area contributed by atoms with Crippen LogP contribution in [0.15, 0.2) is 24.3 Å². The van der Waals surface area contributed by atoms with E-state index in [0.29, 0.717) is 6.42 Å². The van der Waals surface area contributed by atoms with Gasteiger partial charge in [-0.25, -0.2) is 0 Å². The molecule has 0 aromatic heterocycles. The first-order valence-electron chi connectivity index (χ1n) is 6.51. The minimum Gasteiger partial charge on any atom is -0.508 e. The number of carbonyl (C=O) groups is 2. The molecule has 7 N–H and O–H groups in total. The molecule has 7 nitrogen and oxygen atoms in total. The summed E-state index contributed by atoms with van der Waals surface area (Å²) in [5, 5.41) is 25.8. The standard InChI is InChI=1S/C9H11NO3.C5H11NO2S/c10-8(9(12)13)5-6-1-3-7(11)4-2-6;1-9-3-2-4(6)5(7)8/h1-4,8,11H,5,10H2,(H,12,13);4H,2-3,6H2,1H3,(H,7,8)/t;4-/m.1/s1. The third-order valence-corrected chi connectivity index (χ3v) is 3.30. The average Bonchev–Trinajstić information content (AvgIpc) is 2.47. The van der Waals surface area contributed by atoms with Gasteiger partial charge in [-0.2, -0.15) is 11.8 Å². The number of carboxylic acids is 2. The number of hydrogen-bond donors (Lipinski definition) is 5. The summed E-state index contributed by atoms with van der Waals surface area (Å²) in [6.45, 7) is 0. The van der Waals surface area contributed by atoms with Crippen LogP contribution in [0.25, 0.3) is 0 Å². The van der Waals surface area contributed by atoms with Crippen LogP contribution in [0, 0.1) is 0 Å². The molecule has 0 bridgehead atoms. The molecule has 0 amide bonds. The summed E-state index contributed by atoms with van der Waals surface area (Å²) in [4.78, 5) is 20.5. The lowest BCUT2D eigenvalue weighted by Gasteiger charge is -2.05. The smallest absolute Gasteiger partial charge is 0.320 e. The van der Waals surface area contributed by atoms with Gasteiger partial charge in [-0.1, -0.05) is 12.1 Å². The molecule has 0 aliphatic rings. The number of hydrogen-bond acceptors (Lipinski definition) is 6. The van der Waals surface area contributed by atoms with Crippen LogP contribution in [-0.2, 0) is 16.0 Å². The van der Waals surface area contributed by atoms with Crippen LogP contribution in [0.3, 0.4) is 0 Å². The van der Waals surface area contributed by atoms with Gasteiger partial charge in [0.1, 0.15) is 17.8 Å². The number of phenols is 1. The van der Waals surface area contributed by atoms with Crippen molar-refractivity contribution in [3.05, 3.63) is 29.8 Å². The van der Waals surface area contributed by atoms with Gasteiger partial charge in [-0.15, -0.1) is 0 Å². The van der Waals surface area contributed by atoms with Crippen LogP contribution in [0.4, 0.5) is 0 Å². The first-order chi connectivity index (χ1) is 10.3. The van der Waals surface area contributed by atoms with Gasteiger partial charge in [-0.3, -0.25) is 9.59 Å². The van der Waals surface area contributed by atoms with Gasteiger partial charge in [0.2, 0.25) is 0 Å². The monoisotopic (exact) mass is 330 g/mol. The molecule has 8 heteroatoms. The number of aromatic hydroxyl groups is 1. The maximum atomic E-state index is 10.4. The molecule has 0 saturated carbocycles. The molecule has 0 aliphatic carbocycles. The van der Waals surface area contributed by atoms with Crippen LogP contribution >= 0.6 is 11.8 Å². The van der Waals surface area contributed by atoms with Crippen molar-refractivity contribution in [2.75, 3.05) is 12.0 Å². The molecular weight excluding hydrogens is 308 g/mol. The minimum absolute atomic E-state index is 0.160. The number of rotatable bonds is 7. The summed E-state index contributed by atoms with van der Waals surface area (Å²) < 4.78 is 0. The molecule has 0 aliphatic heterocycles. The largest absolute Gasteiger partial charge is 0.508 e. The van der Waals surface area contributed by atoms with Crippen LogP contribution in [0.1, 0.15) is 12.0 Å². The van der Waals surface area contributed by atoms with E-state index in [1.54, 1.807) is 23.9 Å². The molecule has 1 unspecified atom stereocenters. The highest BCUT2D eigenvalue weighted by atomic mass is 32.2. The molecule has 0 spiro atoms. The quantitative estimate of drug-likeness (QED) is 0.485. The minimum atomic E-state index is -1.02. The first-order valence-corrected chi connectivity index (χ1v) is 7.91. The zero-order valence-corrected chi connectivity index (χ0v) is 13.1. The zero-order chi connectivity index (χ0) is 17.1. The van der Waals surface area contributed by atoms with E-state index in [4.69, 9.17) is 26.8 Å². The molecular formula is C14H22N2O5S. The second kappa shape index (κ2) is 10.9. The van der Waals surface area contributed by atoms with Crippen LogP contribution in [0.2, 0.25) is 0 Å². The third kappa shape index (κ3) is 9.22. The fourth-order valence-electron chi connectivity index (χ4n) is 1.34. The van der Waals surface area contributed by atoms with Crippen LogP contribution in [0.5, 0.6) is 5.75 Å². The second-order valence-electron chi connectivity index (χ2n) is 4.54.